The Morgan fingerprint density at radius 1 is 1.00 bits per heavy atom. The minimum Gasteiger partial charge on any atom is -0.312 e. The summed E-state index contributed by atoms with van der Waals surface area (Å²) in [5.74, 6) is -1.20. The van der Waals surface area contributed by atoms with Gasteiger partial charge in [-0.25, -0.2) is 25.5 Å². The number of fused-ring (bicyclic) bond motifs is 1. The van der Waals surface area contributed by atoms with E-state index < -0.39 is 31.8 Å². The first-order chi connectivity index (χ1) is 15.5. The number of carbonyl (C=O) groups excluding carboxylic acids is 1. The molecule has 0 radical (unpaired) electrons. The lowest BCUT2D eigenvalue weighted by Crippen LogP contribution is -2.46. The van der Waals surface area contributed by atoms with Crippen LogP contribution in [-0.4, -0.2) is 65.1 Å². The Morgan fingerprint density at radius 3 is 2.33 bits per heavy atom. The highest BCUT2D eigenvalue weighted by Gasteiger charge is 2.37. The molecule has 178 valence electrons. The Morgan fingerprint density at radius 2 is 1.67 bits per heavy atom. The van der Waals surface area contributed by atoms with Crippen LogP contribution >= 0.6 is 0 Å². The number of hydrogen-bond donors (Lipinski definition) is 0. The SMILES string of the molecule is CN(C)S(=O)(=O)c1ccc2c(c1)CCN2C(=O)[C@H]1CCCN(S(=O)(=O)c2ccc(F)cc2)C1. The first kappa shape index (κ1) is 23.8. The summed E-state index contributed by atoms with van der Waals surface area (Å²) in [4.78, 5) is 15.1. The van der Waals surface area contributed by atoms with Crippen LogP contribution in [0.4, 0.5) is 10.1 Å². The topological polar surface area (TPSA) is 95.1 Å². The zero-order chi connectivity index (χ0) is 24.0. The molecule has 1 atom stereocenters. The van der Waals surface area contributed by atoms with Gasteiger partial charge in [0, 0.05) is 39.4 Å². The van der Waals surface area contributed by atoms with Gasteiger partial charge >= 0.3 is 0 Å². The Bertz CT molecular complexity index is 1280. The van der Waals surface area contributed by atoms with E-state index in [2.05, 4.69) is 0 Å². The molecule has 4 rings (SSSR count). The number of carbonyl (C=O) groups is 1. The minimum absolute atomic E-state index is 0.00171. The molecule has 0 aromatic heterocycles. The number of halogens is 1. The lowest BCUT2D eigenvalue weighted by Gasteiger charge is -2.33. The molecule has 0 unspecified atom stereocenters. The largest absolute Gasteiger partial charge is 0.312 e. The number of piperidine rings is 1. The molecule has 0 saturated carbocycles. The maximum Gasteiger partial charge on any atom is 0.243 e. The van der Waals surface area contributed by atoms with Crippen molar-refractivity contribution in [1.82, 2.24) is 8.61 Å². The average Bonchev–Trinajstić information content (AvgIpc) is 3.22. The average molecular weight is 496 g/mol. The summed E-state index contributed by atoms with van der Waals surface area (Å²) in [6.45, 7) is 0.768. The number of sulfonamides is 2. The second-order valence-corrected chi connectivity index (χ2v) is 12.6. The van der Waals surface area contributed by atoms with E-state index in [1.54, 1.807) is 17.0 Å². The van der Waals surface area contributed by atoms with Gasteiger partial charge in [-0.1, -0.05) is 0 Å². The zero-order valence-electron chi connectivity index (χ0n) is 18.4. The molecule has 2 aliphatic heterocycles. The summed E-state index contributed by atoms with van der Waals surface area (Å²) >= 11 is 0. The van der Waals surface area contributed by atoms with Crippen LogP contribution in [0.15, 0.2) is 52.3 Å². The summed E-state index contributed by atoms with van der Waals surface area (Å²) in [6, 6.07) is 9.40. The fraction of sp³-hybridized carbons (Fsp3) is 0.409. The van der Waals surface area contributed by atoms with E-state index in [-0.39, 0.29) is 22.2 Å². The molecule has 2 aromatic carbocycles. The number of benzene rings is 2. The van der Waals surface area contributed by atoms with Crippen molar-refractivity contribution in [3.05, 3.63) is 53.8 Å². The number of amides is 1. The molecule has 11 heteroatoms. The van der Waals surface area contributed by atoms with Crippen molar-refractivity contribution in [3.63, 3.8) is 0 Å². The van der Waals surface area contributed by atoms with Crippen LogP contribution in [0.25, 0.3) is 0 Å². The van der Waals surface area contributed by atoms with Gasteiger partial charge in [-0.05, 0) is 67.3 Å². The van der Waals surface area contributed by atoms with Gasteiger partial charge in [0.05, 0.1) is 15.7 Å². The van der Waals surface area contributed by atoms with Crippen molar-refractivity contribution < 1.29 is 26.0 Å². The zero-order valence-corrected chi connectivity index (χ0v) is 20.1. The van der Waals surface area contributed by atoms with Gasteiger partial charge < -0.3 is 4.90 Å². The summed E-state index contributed by atoms with van der Waals surface area (Å²) in [5.41, 5.74) is 1.44. The van der Waals surface area contributed by atoms with Crippen molar-refractivity contribution in [2.45, 2.75) is 29.1 Å². The van der Waals surface area contributed by atoms with Gasteiger partial charge in [0.15, 0.2) is 0 Å². The molecule has 2 heterocycles. The number of rotatable bonds is 5. The van der Waals surface area contributed by atoms with Crippen LogP contribution in [0.2, 0.25) is 0 Å². The predicted octanol–water partition coefficient (Wildman–Crippen LogP) is 2.07. The molecule has 0 aliphatic carbocycles. The molecular formula is C22H26FN3O5S2. The normalized spacial score (nSPS) is 19.6. The monoisotopic (exact) mass is 495 g/mol. The fourth-order valence-corrected chi connectivity index (χ4v) is 6.79. The smallest absolute Gasteiger partial charge is 0.243 e. The molecule has 2 aromatic rings. The Labute approximate surface area is 193 Å². The summed E-state index contributed by atoms with van der Waals surface area (Å²) < 4.78 is 66.5. The van der Waals surface area contributed by atoms with Gasteiger partial charge in [-0.3, -0.25) is 4.79 Å². The van der Waals surface area contributed by atoms with Crippen LogP contribution in [0.3, 0.4) is 0 Å². The van der Waals surface area contributed by atoms with Crippen LogP contribution < -0.4 is 4.90 Å². The van der Waals surface area contributed by atoms with Crippen molar-refractivity contribution in [3.8, 4) is 0 Å². The van der Waals surface area contributed by atoms with E-state index in [1.807, 2.05) is 0 Å². The molecule has 0 bridgehead atoms. The summed E-state index contributed by atoms with van der Waals surface area (Å²) in [6.07, 6.45) is 1.63. The summed E-state index contributed by atoms with van der Waals surface area (Å²) in [7, 11) is -4.48. The minimum atomic E-state index is -3.83. The molecule has 33 heavy (non-hydrogen) atoms. The molecule has 8 nitrogen and oxygen atoms in total. The predicted molar refractivity (Wildman–Crippen MR) is 121 cm³/mol. The van der Waals surface area contributed by atoms with Crippen LogP contribution in [0, 0.1) is 11.7 Å². The van der Waals surface area contributed by atoms with E-state index in [0.29, 0.717) is 38.0 Å². The molecule has 1 amide bonds. The second-order valence-electron chi connectivity index (χ2n) is 8.47. The van der Waals surface area contributed by atoms with E-state index in [1.165, 1.54) is 36.6 Å². The highest BCUT2D eigenvalue weighted by molar-refractivity contribution is 7.89. The molecule has 1 saturated heterocycles. The van der Waals surface area contributed by atoms with Gasteiger partial charge in [-0.15, -0.1) is 0 Å². The lowest BCUT2D eigenvalue weighted by molar-refractivity contribution is -0.123. The highest BCUT2D eigenvalue weighted by Crippen LogP contribution is 2.34. The Hall–Kier alpha value is -2.34. The third kappa shape index (κ3) is 4.42. The maximum absolute atomic E-state index is 13.3. The van der Waals surface area contributed by atoms with E-state index in [4.69, 9.17) is 0 Å². The van der Waals surface area contributed by atoms with E-state index >= 15 is 0 Å². The molecular weight excluding hydrogens is 469 g/mol. The molecule has 2 aliphatic rings. The fourth-order valence-electron chi connectivity index (χ4n) is 4.32. The van der Waals surface area contributed by atoms with Crippen molar-refractivity contribution in [1.29, 1.82) is 0 Å². The van der Waals surface area contributed by atoms with Gasteiger partial charge in [0.25, 0.3) is 0 Å². The Kier molecular flexibility index (Phi) is 6.34. The summed E-state index contributed by atoms with van der Waals surface area (Å²) in [5, 5.41) is 0. The molecule has 0 spiro atoms. The molecule has 1 fully saturated rings. The first-order valence-corrected chi connectivity index (χ1v) is 13.5. The number of nitrogens with zero attached hydrogens (tertiary/aromatic N) is 3. The lowest BCUT2D eigenvalue weighted by atomic mass is 9.98. The first-order valence-electron chi connectivity index (χ1n) is 10.6. The maximum atomic E-state index is 13.3. The van der Waals surface area contributed by atoms with Crippen LogP contribution in [-0.2, 0) is 31.3 Å². The van der Waals surface area contributed by atoms with Gasteiger partial charge in [0.2, 0.25) is 26.0 Å². The van der Waals surface area contributed by atoms with Gasteiger partial charge in [-0.2, -0.15) is 4.31 Å². The van der Waals surface area contributed by atoms with E-state index in [9.17, 15) is 26.0 Å². The highest BCUT2D eigenvalue weighted by atomic mass is 32.2. The van der Waals surface area contributed by atoms with Crippen molar-refractivity contribution in [2.24, 2.45) is 5.92 Å². The quantitative estimate of drug-likeness (QED) is 0.633. The van der Waals surface area contributed by atoms with Crippen molar-refractivity contribution >= 4 is 31.6 Å². The van der Waals surface area contributed by atoms with Crippen LogP contribution in [0.1, 0.15) is 18.4 Å². The van der Waals surface area contributed by atoms with Gasteiger partial charge in [0.1, 0.15) is 5.82 Å². The van der Waals surface area contributed by atoms with Crippen molar-refractivity contribution in [2.75, 3.05) is 38.6 Å². The number of anilines is 1. The van der Waals surface area contributed by atoms with Crippen LogP contribution in [0.5, 0.6) is 0 Å². The Balaban J connectivity index is 1.53. The second kappa shape index (κ2) is 8.79. The van der Waals surface area contributed by atoms with E-state index in [0.717, 1.165) is 22.0 Å². The third-order valence-electron chi connectivity index (χ3n) is 6.18. The standard InChI is InChI=1S/C22H26FN3O5S2/c1-24(2)32(28,29)20-9-10-21-16(14-20)11-13-26(21)22(27)17-4-3-12-25(15-17)33(30,31)19-7-5-18(23)6-8-19/h5-10,14,17H,3-4,11-13,15H2,1-2H3/t17-/m0/s1. The molecule has 0 N–H and O–H groups in total. The number of hydrogen-bond acceptors (Lipinski definition) is 5. The third-order valence-corrected chi connectivity index (χ3v) is 9.87.